The van der Waals surface area contributed by atoms with Gasteiger partial charge in [-0.15, -0.1) is 0 Å². The lowest BCUT2D eigenvalue weighted by Crippen LogP contribution is -2.37. The first-order chi connectivity index (χ1) is 15.1. The minimum atomic E-state index is -1.78. The molecule has 1 saturated heterocycles. The fraction of sp³-hybridized carbons (Fsp3) is 0.308. The molecule has 0 aliphatic carbocycles. The van der Waals surface area contributed by atoms with E-state index in [-0.39, 0.29) is 0 Å². The highest BCUT2D eigenvalue weighted by Crippen LogP contribution is 2.39. The minimum Gasteiger partial charge on any atom is -0.387 e. The normalized spacial score (nSPS) is 23.2. The second kappa shape index (κ2) is 10.2. The predicted molar refractivity (Wildman–Crippen MR) is 117 cm³/mol. The molecule has 3 aromatic carbocycles. The summed E-state index contributed by atoms with van der Waals surface area (Å²) >= 11 is 0. The summed E-state index contributed by atoms with van der Waals surface area (Å²) in [7, 11) is 0. The molecule has 0 aromatic heterocycles. The summed E-state index contributed by atoms with van der Waals surface area (Å²) in [5, 5.41) is 21.9. The van der Waals surface area contributed by atoms with Gasteiger partial charge in [0.1, 0.15) is 6.10 Å². The van der Waals surface area contributed by atoms with Gasteiger partial charge in [0.25, 0.3) is 0 Å². The number of benzene rings is 3. The molecular weight excluding hydrogens is 392 g/mol. The van der Waals surface area contributed by atoms with Crippen molar-refractivity contribution in [3.63, 3.8) is 0 Å². The monoisotopic (exact) mass is 420 g/mol. The van der Waals surface area contributed by atoms with Crippen LogP contribution in [0.4, 0.5) is 0 Å². The first kappa shape index (κ1) is 21.7. The van der Waals surface area contributed by atoms with Crippen molar-refractivity contribution in [1.82, 2.24) is 0 Å². The van der Waals surface area contributed by atoms with Gasteiger partial charge in [0, 0.05) is 12.0 Å². The third kappa shape index (κ3) is 5.39. The van der Waals surface area contributed by atoms with Crippen LogP contribution < -0.4 is 0 Å². The van der Waals surface area contributed by atoms with E-state index < -0.39 is 18.0 Å². The second-order valence-electron chi connectivity index (χ2n) is 7.82. The first-order valence-electron chi connectivity index (χ1n) is 10.5. The summed E-state index contributed by atoms with van der Waals surface area (Å²) in [5.74, 6) is -1.78. The van der Waals surface area contributed by atoms with E-state index in [9.17, 15) is 10.2 Å². The highest BCUT2D eigenvalue weighted by atomic mass is 16.7. The summed E-state index contributed by atoms with van der Waals surface area (Å²) in [4.78, 5) is 0. The van der Waals surface area contributed by atoms with Gasteiger partial charge < -0.3 is 24.4 Å². The van der Waals surface area contributed by atoms with Crippen LogP contribution in [0.15, 0.2) is 84.9 Å². The predicted octanol–water partition coefficient (Wildman–Crippen LogP) is 3.92. The van der Waals surface area contributed by atoms with Gasteiger partial charge in [-0.05, 0) is 16.7 Å². The number of rotatable bonds is 9. The number of hydrogen-bond acceptors (Lipinski definition) is 5. The molecule has 5 heteroatoms. The summed E-state index contributed by atoms with van der Waals surface area (Å²) in [6, 6.07) is 27.1. The van der Waals surface area contributed by atoms with Crippen molar-refractivity contribution in [2.45, 2.75) is 44.2 Å². The van der Waals surface area contributed by atoms with Gasteiger partial charge in [-0.25, -0.2) is 0 Å². The molecule has 31 heavy (non-hydrogen) atoms. The van der Waals surface area contributed by atoms with Crippen molar-refractivity contribution in [1.29, 1.82) is 0 Å². The van der Waals surface area contributed by atoms with E-state index in [1.54, 1.807) is 6.07 Å². The van der Waals surface area contributed by atoms with Gasteiger partial charge in [0.15, 0.2) is 0 Å². The van der Waals surface area contributed by atoms with E-state index in [1.165, 1.54) is 0 Å². The van der Waals surface area contributed by atoms with E-state index in [0.717, 1.165) is 16.7 Å². The molecule has 1 heterocycles. The maximum atomic E-state index is 11.2. The van der Waals surface area contributed by atoms with Crippen LogP contribution >= 0.6 is 0 Å². The Morgan fingerprint density at radius 2 is 1.35 bits per heavy atom. The Kier molecular flexibility index (Phi) is 7.12. The van der Waals surface area contributed by atoms with Gasteiger partial charge >= 0.3 is 0 Å². The van der Waals surface area contributed by atoms with Crippen LogP contribution in [0.1, 0.15) is 28.7 Å². The lowest BCUT2D eigenvalue weighted by molar-refractivity contribution is -0.242. The van der Waals surface area contributed by atoms with Crippen LogP contribution in [-0.4, -0.2) is 29.0 Å². The minimum absolute atomic E-state index is 0.293. The van der Waals surface area contributed by atoms with E-state index in [4.69, 9.17) is 14.2 Å². The van der Waals surface area contributed by atoms with Crippen LogP contribution in [-0.2, 0) is 39.8 Å². The molecule has 1 unspecified atom stereocenters. The summed E-state index contributed by atoms with van der Waals surface area (Å²) in [6.07, 6.45) is -1.15. The number of ether oxygens (including phenoxy) is 3. The fourth-order valence-corrected chi connectivity index (χ4v) is 3.87. The average molecular weight is 421 g/mol. The lowest BCUT2D eigenvalue weighted by atomic mass is 9.95. The van der Waals surface area contributed by atoms with Crippen LogP contribution in [0.5, 0.6) is 0 Å². The molecule has 5 nitrogen and oxygen atoms in total. The molecule has 1 fully saturated rings. The molecule has 0 radical (unpaired) electrons. The Hall–Kier alpha value is -2.54. The Balaban J connectivity index is 1.37. The van der Waals surface area contributed by atoms with Crippen LogP contribution in [0.25, 0.3) is 0 Å². The highest BCUT2D eigenvalue weighted by Gasteiger charge is 2.49. The summed E-state index contributed by atoms with van der Waals surface area (Å²) in [6.45, 7) is 1.52. The van der Waals surface area contributed by atoms with Crippen molar-refractivity contribution >= 4 is 0 Å². The zero-order valence-electron chi connectivity index (χ0n) is 17.4. The first-order valence-corrected chi connectivity index (χ1v) is 10.5. The Labute approximate surface area is 182 Å². The van der Waals surface area contributed by atoms with Gasteiger partial charge in [0.05, 0.1) is 32.5 Å². The van der Waals surface area contributed by atoms with Gasteiger partial charge in [0.2, 0.25) is 5.79 Å². The summed E-state index contributed by atoms with van der Waals surface area (Å²) < 4.78 is 17.5. The largest absolute Gasteiger partial charge is 0.387 e. The molecule has 1 aliphatic rings. The molecule has 0 spiro atoms. The fourth-order valence-electron chi connectivity index (χ4n) is 3.87. The maximum Gasteiger partial charge on any atom is 0.220 e. The third-order valence-corrected chi connectivity index (χ3v) is 5.47. The van der Waals surface area contributed by atoms with Crippen molar-refractivity contribution in [2.24, 2.45) is 0 Å². The molecule has 162 valence electrons. The second-order valence-corrected chi connectivity index (χ2v) is 7.82. The molecule has 1 aliphatic heterocycles. The molecule has 3 atom stereocenters. The number of hydrogen-bond donors (Lipinski definition) is 2. The SMILES string of the molecule is O[C@@H]1C[C@@H](COCc2ccccc2)OC1(O)c1ccccc1COCc1ccccc1. The Bertz CT molecular complexity index is 946. The van der Waals surface area contributed by atoms with Crippen molar-refractivity contribution < 1.29 is 24.4 Å². The van der Waals surface area contributed by atoms with Gasteiger partial charge in [-0.2, -0.15) is 0 Å². The quantitative estimate of drug-likeness (QED) is 0.549. The molecule has 2 N–H and O–H groups in total. The number of aliphatic hydroxyl groups is 2. The standard InChI is InChI=1S/C26H28O5/c27-25-15-23(19-30-17-21-11-5-2-6-12-21)31-26(25,28)24-14-8-7-13-22(24)18-29-16-20-9-3-1-4-10-20/h1-14,23,25,27-28H,15-19H2/t23-,25+,26?/m0/s1. The topological polar surface area (TPSA) is 68.2 Å². The molecular formula is C26H28O5. The average Bonchev–Trinajstić information content (AvgIpc) is 3.10. The molecule has 0 saturated carbocycles. The molecule has 4 rings (SSSR count). The van der Waals surface area contributed by atoms with Crippen molar-refractivity contribution in [3.05, 3.63) is 107 Å². The van der Waals surface area contributed by atoms with Gasteiger partial charge in [-0.3, -0.25) is 0 Å². The molecule has 3 aromatic rings. The zero-order chi connectivity index (χ0) is 21.5. The Morgan fingerprint density at radius 1 is 0.774 bits per heavy atom. The van der Waals surface area contributed by atoms with Crippen molar-refractivity contribution in [2.75, 3.05) is 6.61 Å². The third-order valence-electron chi connectivity index (χ3n) is 5.47. The Morgan fingerprint density at radius 3 is 2.03 bits per heavy atom. The number of aliphatic hydroxyl groups excluding tert-OH is 1. The smallest absolute Gasteiger partial charge is 0.220 e. The van der Waals surface area contributed by atoms with E-state index in [0.29, 0.717) is 38.4 Å². The zero-order valence-corrected chi connectivity index (χ0v) is 17.4. The maximum absolute atomic E-state index is 11.2. The van der Waals surface area contributed by atoms with E-state index in [1.807, 2.05) is 78.9 Å². The van der Waals surface area contributed by atoms with Crippen LogP contribution in [0.3, 0.4) is 0 Å². The molecule has 0 amide bonds. The van der Waals surface area contributed by atoms with Crippen LogP contribution in [0.2, 0.25) is 0 Å². The molecule has 0 bridgehead atoms. The van der Waals surface area contributed by atoms with Crippen molar-refractivity contribution in [3.8, 4) is 0 Å². The lowest BCUT2D eigenvalue weighted by Gasteiger charge is -2.28. The van der Waals surface area contributed by atoms with Gasteiger partial charge in [-0.1, -0.05) is 84.9 Å². The summed E-state index contributed by atoms with van der Waals surface area (Å²) in [5.41, 5.74) is 3.45. The van der Waals surface area contributed by atoms with Crippen LogP contribution in [0, 0.1) is 0 Å². The highest BCUT2D eigenvalue weighted by molar-refractivity contribution is 5.32. The van der Waals surface area contributed by atoms with E-state index in [2.05, 4.69) is 0 Å². The van der Waals surface area contributed by atoms with E-state index >= 15 is 0 Å².